The van der Waals surface area contributed by atoms with Gasteiger partial charge in [-0.25, -0.2) is 4.98 Å². The van der Waals surface area contributed by atoms with Gasteiger partial charge in [0.15, 0.2) is 0 Å². The van der Waals surface area contributed by atoms with Crippen LogP contribution in [0.2, 0.25) is 0 Å². The summed E-state index contributed by atoms with van der Waals surface area (Å²) in [7, 11) is 0. The molecule has 0 bridgehead atoms. The molecule has 0 saturated heterocycles. The summed E-state index contributed by atoms with van der Waals surface area (Å²) in [6.45, 7) is 4.40. The Balaban J connectivity index is 1.90. The molecule has 1 amide bonds. The molecule has 5 heteroatoms. The van der Waals surface area contributed by atoms with Crippen molar-refractivity contribution in [2.45, 2.75) is 20.3 Å². The van der Waals surface area contributed by atoms with E-state index in [2.05, 4.69) is 15.3 Å². The lowest BCUT2D eigenvalue weighted by atomic mass is 10.2. The standard InChI is InChI=1S/C14H17N3OS/c1-10(2)14(18)16-8-6-13-17-12(9-19-13)11-5-3-4-7-15-11/h3-5,7,9-10H,6,8H2,1-2H3,(H,16,18). The summed E-state index contributed by atoms with van der Waals surface area (Å²) in [4.78, 5) is 20.2. The molecule has 0 aliphatic rings. The quantitative estimate of drug-likeness (QED) is 0.912. The lowest BCUT2D eigenvalue weighted by Gasteiger charge is -2.05. The van der Waals surface area contributed by atoms with Gasteiger partial charge in [0, 0.05) is 30.5 Å². The van der Waals surface area contributed by atoms with Gasteiger partial charge >= 0.3 is 0 Å². The number of aromatic nitrogens is 2. The number of carbonyl (C=O) groups is 1. The van der Waals surface area contributed by atoms with Gasteiger partial charge in [0.1, 0.15) is 0 Å². The van der Waals surface area contributed by atoms with Gasteiger partial charge in [0.25, 0.3) is 0 Å². The number of carbonyl (C=O) groups excluding carboxylic acids is 1. The Hall–Kier alpha value is -1.75. The van der Waals surface area contributed by atoms with Gasteiger partial charge in [-0.15, -0.1) is 11.3 Å². The van der Waals surface area contributed by atoms with Crippen molar-refractivity contribution < 1.29 is 4.79 Å². The highest BCUT2D eigenvalue weighted by Gasteiger charge is 2.08. The maximum absolute atomic E-state index is 11.4. The third kappa shape index (κ3) is 3.86. The van der Waals surface area contributed by atoms with Crippen LogP contribution in [0.5, 0.6) is 0 Å². The van der Waals surface area contributed by atoms with E-state index in [1.165, 1.54) is 0 Å². The molecule has 2 aromatic heterocycles. The molecule has 0 unspecified atom stereocenters. The average molecular weight is 275 g/mol. The predicted molar refractivity (Wildman–Crippen MR) is 76.9 cm³/mol. The van der Waals surface area contributed by atoms with E-state index in [4.69, 9.17) is 0 Å². The summed E-state index contributed by atoms with van der Waals surface area (Å²) in [6.07, 6.45) is 2.52. The van der Waals surface area contributed by atoms with Crippen LogP contribution in [-0.2, 0) is 11.2 Å². The summed E-state index contributed by atoms with van der Waals surface area (Å²) < 4.78 is 0. The minimum absolute atomic E-state index is 0.0281. The Labute approximate surface area is 116 Å². The molecule has 0 aliphatic heterocycles. The molecule has 0 radical (unpaired) electrons. The number of nitrogens with zero attached hydrogens (tertiary/aromatic N) is 2. The van der Waals surface area contributed by atoms with Gasteiger partial charge in [-0.05, 0) is 12.1 Å². The first-order valence-corrected chi connectivity index (χ1v) is 7.18. The molecular weight excluding hydrogens is 258 g/mol. The highest BCUT2D eigenvalue weighted by atomic mass is 32.1. The highest BCUT2D eigenvalue weighted by Crippen LogP contribution is 2.19. The van der Waals surface area contributed by atoms with E-state index < -0.39 is 0 Å². The lowest BCUT2D eigenvalue weighted by Crippen LogP contribution is -2.29. The number of amides is 1. The van der Waals surface area contributed by atoms with Crippen LogP contribution in [-0.4, -0.2) is 22.4 Å². The Morgan fingerprint density at radius 2 is 2.21 bits per heavy atom. The summed E-state index contributed by atoms with van der Waals surface area (Å²) in [5.74, 6) is 0.113. The highest BCUT2D eigenvalue weighted by molar-refractivity contribution is 7.09. The smallest absolute Gasteiger partial charge is 0.222 e. The fourth-order valence-electron chi connectivity index (χ4n) is 1.55. The maximum atomic E-state index is 11.4. The Morgan fingerprint density at radius 1 is 1.37 bits per heavy atom. The molecule has 4 nitrogen and oxygen atoms in total. The molecular formula is C14H17N3OS. The first-order valence-electron chi connectivity index (χ1n) is 6.30. The van der Waals surface area contributed by atoms with E-state index in [0.29, 0.717) is 6.54 Å². The van der Waals surface area contributed by atoms with Crippen molar-refractivity contribution in [2.75, 3.05) is 6.54 Å². The molecule has 0 aromatic carbocycles. The average Bonchev–Trinajstić information content (AvgIpc) is 2.88. The van der Waals surface area contributed by atoms with Gasteiger partial charge in [0.2, 0.25) is 5.91 Å². The molecule has 19 heavy (non-hydrogen) atoms. The minimum Gasteiger partial charge on any atom is -0.355 e. The van der Waals surface area contributed by atoms with Crippen molar-refractivity contribution in [2.24, 2.45) is 5.92 Å². The zero-order valence-electron chi connectivity index (χ0n) is 11.1. The van der Waals surface area contributed by atoms with E-state index in [-0.39, 0.29) is 11.8 Å². The van der Waals surface area contributed by atoms with Crippen LogP contribution >= 0.6 is 11.3 Å². The Kier molecular flexibility index (Phi) is 4.63. The zero-order chi connectivity index (χ0) is 13.7. The number of thiazole rings is 1. The number of nitrogens with one attached hydrogen (secondary N) is 1. The van der Waals surface area contributed by atoms with Crippen LogP contribution in [0.25, 0.3) is 11.4 Å². The van der Waals surface area contributed by atoms with E-state index in [0.717, 1.165) is 22.8 Å². The van der Waals surface area contributed by atoms with Gasteiger partial charge in [-0.1, -0.05) is 19.9 Å². The fourth-order valence-corrected chi connectivity index (χ4v) is 2.35. The normalized spacial score (nSPS) is 10.7. The third-order valence-corrected chi connectivity index (χ3v) is 3.55. The zero-order valence-corrected chi connectivity index (χ0v) is 11.9. The van der Waals surface area contributed by atoms with Crippen LogP contribution in [0.15, 0.2) is 29.8 Å². The summed E-state index contributed by atoms with van der Waals surface area (Å²) in [6, 6.07) is 5.78. The summed E-state index contributed by atoms with van der Waals surface area (Å²) >= 11 is 1.60. The topological polar surface area (TPSA) is 54.9 Å². The maximum Gasteiger partial charge on any atom is 0.222 e. The third-order valence-electron chi connectivity index (χ3n) is 2.64. The SMILES string of the molecule is CC(C)C(=O)NCCc1nc(-c2ccccn2)cs1. The number of hydrogen-bond donors (Lipinski definition) is 1. The second-order valence-corrected chi connectivity index (χ2v) is 5.48. The first-order chi connectivity index (χ1) is 9.16. The van der Waals surface area contributed by atoms with Gasteiger partial charge in [-0.3, -0.25) is 9.78 Å². The van der Waals surface area contributed by atoms with Crippen molar-refractivity contribution in [1.29, 1.82) is 0 Å². The molecule has 2 rings (SSSR count). The second-order valence-electron chi connectivity index (χ2n) is 4.54. The predicted octanol–water partition coefficient (Wildman–Crippen LogP) is 2.52. The fraction of sp³-hybridized carbons (Fsp3) is 0.357. The van der Waals surface area contributed by atoms with Crippen molar-refractivity contribution in [3.8, 4) is 11.4 Å². The Morgan fingerprint density at radius 3 is 2.89 bits per heavy atom. The molecule has 0 aliphatic carbocycles. The number of rotatable bonds is 5. The van der Waals surface area contributed by atoms with E-state index in [1.807, 2.05) is 37.4 Å². The van der Waals surface area contributed by atoms with Gasteiger partial charge in [0.05, 0.1) is 16.4 Å². The monoisotopic (exact) mass is 275 g/mol. The molecule has 0 spiro atoms. The van der Waals surface area contributed by atoms with E-state index >= 15 is 0 Å². The van der Waals surface area contributed by atoms with Crippen LogP contribution in [0, 0.1) is 5.92 Å². The van der Waals surface area contributed by atoms with Crippen LogP contribution in [0.1, 0.15) is 18.9 Å². The van der Waals surface area contributed by atoms with Crippen LogP contribution < -0.4 is 5.32 Å². The largest absolute Gasteiger partial charge is 0.355 e. The molecule has 0 saturated carbocycles. The summed E-state index contributed by atoms with van der Waals surface area (Å²) in [5, 5.41) is 5.91. The lowest BCUT2D eigenvalue weighted by molar-refractivity contribution is -0.123. The van der Waals surface area contributed by atoms with Crippen LogP contribution in [0.3, 0.4) is 0 Å². The van der Waals surface area contributed by atoms with Crippen molar-refractivity contribution >= 4 is 17.2 Å². The van der Waals surface area contributed by atoms with Gasteiger partial charge in [-0.2, -0.15) is 0 Å². The summed E-state index contributed by atoms with van der Waals surface area (Å²) in [5.41, 5.74) is 1.78. The second kappa shape index (κ2) is 6.43. The number of pyridine rings is 1. The van der Waals surface area contributed by atoms with Crippen LogP contribution in [0.4, 0.5) is 0 Å². The first kappa shape index (κ1) is 13.7. The number of hydrogen-bond acceptors (Lipinski definition) is 4. The molecule has 0 atom stereocenters. The molecule has 2 aromatic rings. The van der Waals surface area contributed by atoms with E-state index in [1.54, 1.807) is 17.5 Å². The minimum atomic E-state index is 0.0281. The van der Waals surface area contributed by atoms with Crippen molar-refractivity contribution in [3.63, 3.8) is 0 Å². The molecule has 0 fully saturated rings. The molecule has 1 N–H and O–H groups in total. The molecule has 2 heterocycles. The Bertz CT molecular complexity index is 537. The van der Waals surface area contributed by atoms with Crippen molar-refractivity contribution in [3.05, 3.63) is 34.8 Å². The van der Waals surface area contributed by atoms with Gasteiger partial charge < -0.3 is 5.32 Å². The van der Waals surface area contributed by atoms with Crippen molar-refractivity contribution in [1.82, 2.24) is 15.3 Å². The molecule has 100 valence electrons. The van der Waals surface area contributed by atoms with E-state index in [9.17, 15) is 4.79 Å².